The normalized spacial score (nSPS) is 30.4. The maximum absolute atomic E-state index is 14.3. The Morgan fingerprint density at radius 1 is 1.16 bits per heavy atom. The van der Waals surface area contributed by atoms with Gasteiger partial charge < -0.3 is 20.6 Å². The summed E-state index contributed by atoms with van der Waals surface area (Å²) in [5.74, 6) is -2.25. The quantitative estimate of drug-likeness (QED) is 0.390. The Morgan fingerprint density at radius 3 is 2.50 bits per heavy atom. The number of nitrogens with one attached hydrogen (secondary N) is 2. The number of carbonyl (C=O) groups excluding carboxylic acids is 3. The van der Waals surface area contributed by atoms with Crippen molar-refractivity contribution in [2.45, 2.75) is 54.1 Å². The molecule has 10 heteroatoms. The molecule has 2 bridgehead atoms. The van der Waals surface area contributed by atoms with Gasteiger partial charge in [-0.25, -0.2) is 0 Å². The SMILES string of the molecule is Cc1cccc(Cl)c1NC(=O)C1N([C@@H](CO)C(C)C)C(=O)[C@@H]2[C@H](C(=O)Nc3ccccc3)[C@H]3SC12CC3Br. The highest BCUT2D eigenvalue weighted by molar-refractivity contribution is 9.09. The minimum absolute atomic E-state index is 0.0491. The first-order chi connectivity index (χ1) is 18.1. The van der Waals surface area contributed by atoms with Gasteiger partial charge in [0, 0.05) is 15.8 Å². The molecule has 3 fully saturated rings. The number of hydrogen-bond acceptors (Lipinski definition) is 5. The summed E-state index contributed by atoms with van der Waals surface area (Å²) in [6.45, 7) is 5.42. The van der Waals surface area contributed by atoms with E-state index in [9.17, 15) is 19.5 Å². The number of carbonyl (C=O) groups is 3. The van der Waals surface area contributed by atoms with Gasteiger partial charge in [-0.05, 0) is 43.0 Å². The van der Waals surface area contributed by atoms with Crippen molar-refractivity contribution in [3.63, 3.8) is 0 Å². The molecule has 3 amide bonds. The number of nitrogens with zero attached hydrogens (tertiary/aromatic N) is 1. The summed E-state index contributed by atoms with van der Waals surface area (Å²) in [7, 11) is 0. The second-order valence-corrected chi connectivity index (χ2v) is 13.8. The minimum Gasteiger partial charge on any atom is -0.394 e. The van der Waals surface area contributed by atoms with Gasteiger partial charge in [-0.15, -0.1) is 11.8 Å². The summed E-state index contributed by atoms with van der Waals surface area (Å²) in [5, 5.41) is 16.6. The summed E-state index contributed by atoms with van der Waals surface area (Å²) in [6.07, 6.45) is 0.556. The van der Waals surface area contributed by atoms with E-state index in [-0.39, 0.29) is 40.3 Å². The van der Waals surface area contributed by atoms with Gasteiger partial charge in [0.25, 0.3) is 0 Å². The third-order valence-electron chi connectivity index (χ3n) is 8.10. The van der Waals surface area contributed by atoms with E-state index in [2.05, 4.69) is 26.6 Å². The number of aliphatic hydroxyl groups excluding tert-OH is 1. The van der Waals surface area contributed by atoms with Crippen molar-refractivity contribution < 1.29 is 19.5 Å². The van der Waals surface area contributed by atoms with E-state index >= 15 is 0 Å². The Hall–Kier alpha value is -2.07. The number of fused-ring (bicyclic) bond motifs is 1. The molecule has 0 saturated carbocycles. The smallest absolute Gasteiger partial charge is 0.248 e. The van der Waals surface area contributed by atoms with E-state index < -0.39 is 28.7 Å². The molecule has 5 rings (SSSR count). The van der Waals surface area contributed by atoms with Crippen molar-refractivity contribution in [1.29, 1.82) is 0 Å². The molecule has 3 aliphatic heterocycles. The van der Waals surface area contributed by atoms with Crippen LogP contribution in [0.4, 0.5) is 11.4 Å². The molecular weight excluding hydrogens is 590 g/mol. The zero-order chi connectivity index (χ0) is 27.4. The highest BCUT2D eigenvalue weighted by Crippen LogP contribution is 2.68. The Balaban J connectivity index is 1.56. The molecule has 1 spiro atoms. The number of amides is 3. The average Bonchev–Trinajstić information content (AvgIpc) is 3.46. The van der Waals surface area contributed by atoms with Crippen LogP contribution in [0, 0.1) is 24.7 Å². The van der Waals surface area contributed by atoms with Crippen LogP contribution in [0.3, 0.4) is 0 Å². The molecule has 3 saturated heterocycles. The Morgan fingerprint density at radius 2 is 1.87 bits per heavy atom. The number of para-hydroxylation sites is 2. The maximum Gasteiger partial charge on any atom is 0.248 e. The second kappa shape index (κ2) is 10.5. The molecule has 3 heterocycles. The zero-order valence-corrected chi connectivity index (χ0v) is 24.5. The number of likely N-dealkylation sites (tertiary alicyclic amines) is 1. The van der Waals surface area contributed by atoms with Gasteiger partial charge in [0.15, 0.2) is 0 Å². The standard InChI is InChI=1S/C28H31BrClN3O4S/c1-14(2)19(13-34)33-24(26(36)32-22-15(3)8-7-11-18(22)30)28-12-17(29)23(38-28)20(21(28)27(33)37)25(35)31-16-9-5-4-6-10-16/h4-11,14,17,19-21,23-24,34H,12-13H2,1-3H3,(H,31,35)(H,32,36)/t17?,19-,20-,21-,23-,24?,28?/m0/s1. The molecule has 2 aromatic carbocycles. The van der Waals surface area contributed by atoms with Crippen molar-refractivity contribution in [3.8, 4) is 0 Å². The average molecular weight is 621 g/mol. The maximum atomic E-state index is 14.3. The monoisotopic (exact) mass is 619 g/mol. The van der Waals surface area contributed by atoms with E-state index in [0.717, 1.165) is 5.56 Å². The molecule has 3 N–H and O–H groups in total. The van der Waals surface area contributed by atoms with Gasteiger partial charge in [0.2, 0.25) is 17.7 Å². The summed E-state index contributed by atoms with van der Waals surface area (Å²) >= 11 is 11.8. The molecule has 7 atom stereocenters. The lowest BCUT2D eigenvalue weighted by atomic mass is 9.70. The van der Waals surface area contributed by atoms with Gasteiger partial charge in [0.1, 0.15) is 6.04 Å². The zero-order valence-electron chi connectivity index (χ0n) is 21.4. The minimum atomic E-state index is -0.875. The third kappa shape index (κ3) is 4.35. The molecule has 3 unspecified atom stereocenters. The number of aliphatic hydroxyl groups is 1. The van der Waals surface area contributed by atoms with Gasteiger partial charge in [0.05, 0.1) is 39.9 Å². The van der Waals surface area contributed by atoms with Gasteiger partial charge in [-0.1, -0.05) is 71.7 Å². The summed E-state index contributed by atoms with van der Waals surface area (Å²) in [5.41, 5.74) is 1.97. The van der Waals surface area contributed by atoms with Crippen LogP contribution in [-0.4, -0.2) is 61.2 Å². The number of hydrogen-bond donors (Lipinski definition) is 3. The van der Waals surface area contributed by atoms with E-state index in [1.54, 1.807) is 22.7 Å². The van der Waals surface area contributed by atoms with E-state index in [4.69, 9.17) is 11.6 Å². The first-order valence-corrected chi connectivity index (χ1v) is 14.9. The van der Waals surface area contributed by atoms with Crippen molar-refractivity contribution in [2.75, 3.05) is 17.2 Å². The molecule has 0 radical (unpaired) electrons. The summed E-state index contributed by atoms with van der Waals surface area (Å²) < 4.78 is -0.823. The van der Waals surface area contributed by atoms with E-state index in [0.29, 0.717) is 22.8 Å². The van der Waals surface area contributed by atoms with Crippen LogP contribution < -0.4 is 10.6 Å². The number of aryl methyl sites for hydroxylation is 1. The van der Waals surface area contributed by atoms with Crippen molar-refractivity contribution in [2.24, 2.45) is 17.8 Å². The fourth-order valence-electron chi connectivity index (χ4n) is 6.37. The van der Waals surface area contributed by atoms with Gasteiger partial charge >= 0.3 is 0 Å². The fourth-order valence-corrected chi connectivity index (χ4v) is 10.2. The molecule has 0 aliphatic carbocycles. The van der Waals surface area contributed by atoms with Crippen molar-refractivity contribution >= 4 is 68.4 Å². The molecule has 0 aromatic heterocycles. The molecule has 202 valence electrons. The van der Waals surface area contributed by atoms with Crippen molar-refractivity contribution in [1.82, 2.24) is 4.90 Å². The number of halogens is 2. The highest BCUT2D eigenvalue weighted by Gasteiger charge is 2.76. The van der Waals surface area contributed by atoms with Gasteiger partial charge in [-0.2, -0.15) is 0 Å². The number of rotatable bonds is 7. The summed E-state index contributed by atoms with van der Waals surface area (Å²) in [4.78, 5) is 43.6. The Bertz CT molecular complexity index is 1240. The van der Waals surface area contributed by atoms with E-state index in [1.165, 1.54) is 0 Å². The molecule has 7 nitrogen and oxygen atoms in total. The second-order valence-electron chi connectivity index (χ2n) is 10.7. The van der Waals surface area contributed by atoms with Crippen molar-refractivity contribution in [3.05, 3.63) is 59.1 Å². The van der Waals surface area contributed by atoms with Crippen LogP contribution in [0.5, 0.6) is 0 Å². The largest absolute Gasteiger partial charge is 0.394 e. The van der Waals surface area contributed by atoms with Crippen LogP contribution in [0.25, 0.3) is 0 Å². The predicted octanol–water partition coefficient (Wildman–Crippen LogP) is 4.71. The molecule has 2 aromatic rings. The Labute approximate surface area is 240 Å². The lowest BCUT2D eigenvalue weighted by Crippen LogP contribution is -2.56. The number of benzene rings is 2. The Kier molecular flexibility index (Phi) is 7.59. The summed E-state index contributed by atoms with van der Waals surface area (Å²) in [6, 6.07) is 13.1. The number of anilines is 2. The van der Waals surface area contributed by atoms with Crippen LogP contribution in [0.15, 0.2) is 48.5 Å². The molecule has 3 aliphatic rings. The third-order valence-corrected chi connectivity index (χ3v) is 11.6. The first-order valence-electron chi connectivity index (χ1n) is 12.8. The highest BCUT2D eigenvalue weighted by atomic mass is 79.9. The predicted molar refractivity (Wildman–Crippen MR) is 155 cm³/mol. The molecular formula is C28H31BrClN3O4S. The first kappa shape index (κ1) is 27.5. The lowest BCUT2D eigenvalue weighted by Gasteiger charge is -2.38. The number of thioether (sulfide) groups is 1. The van der Waals surface area contributed by atoms with E-state index in [1.807, 2.05) is 63.2 Å². The topological polar surface area (TPSA) is 98.7 Å². The van der Waals surface area contributed by atoms with Crippen LogP contribution >= 0.6 is 39.3 Å². The van der Waals surface area contributed by atoms with Gasteiger partial charge in [-0.3, -0.25) is 14.4 Å². The number of alkyl halides is 1. The lowest BCUT2D eigenvalue weighted by molar-refractivity contribution is -0.142. The van der Waals surface area contributed by atoms with Crippen LogP contribution in [0.1, 0.15) is 25.8 Å². The van der Waals surface area contributed by atoms with Crippen LogP contribution in [0.2, 0.25) is 5.02 Å². The molecule has 38 heavy (non-hydrogen) atoms. The van der Waals surface area contributed by atoms with Crippen LogP contribution in [-0.2, 0) is 14.4 Å². The fraction of sp³-hybridized carbons (Fsp3) is 0.464.